The molecule has 0 spiro atoms. The van der Waals surface area contributed by atoms with Crippen molar-refractivity contribution < 1.29 is 0 Å². The predicted molar refractivity (Wildman–Crippen MR) is 85.3 cm³/mol. The minimum Gasteiger partial charge on any atom is -0.121 e. The van der Waals surface area contributed by atoms with Crippen molar-refractivity contribution in [3.8, 4) is 0 Å². The van der Waals surface area contributed by atoms with E-state index in [2.05, 4.69) is 77.7 Å². The normalized spacial score (nSPS) is 10.2. The van der Waals surface area contributed by atoms with Gasteiger partial charge in [-0.3, -0.25) is 0 Å². The molecule has 0 fully saturated rings. The minimum atomic E-state index is 1.01. The summed E-state index contributed by atoms with van der Waals surface area (Å²) in [5, 5.41) is 0. The van der Waals surface area contributed by atoms with Crippen molar-refractivity contribution in [1.29, 1.82) is 0 Å². The van der Waals surface area contributed by atoms with Crippen LogP contribution in [0.2, 0.25) is 0 Å². The van der Waals surface area contributed by atoms with Gasteiger partial charge in [0.05, 0.1) is 0 Å². The number of thioether (sulfide) groups is 1. The van der Waals surface area contributed by atoms with Crippen LogP contribution >= 0.6 is 34.4 Å². The first kappa shape index (κ1) is 12.7. The molecule has 0 saturated heterocycles. The van der Waals surface area contributed by atoms with E-state index in [0.717, 1.165) is 5.75 Å². The van der Waals surface area contributed by atoms with Crippen LogP contribution in [0.4, 0.5) is 0 Å². The molecule has 2 aromatic rings. The van der Waals surface area contributed by atoms with Crippen LogP contribution in [0, 0.1) is 3.57 Å². The first-order valence-electron chi connectivity index (χ1n) is 5.37. The molecule has 0 N–H and O–H groups in total. The maximum absolute atomic E-state index is 3.76. The summed E-state index contributed by atoms with van der Waals surface area (Å²) < 4.78 is 1.28. The van der Waals surface area contributed by atoms with Gasteiger partial charge in [0.15, 0.2) is 0 Å². The van der Waals surface area contributed by atoms with Crippen molar-refractivity contribution >= 4 is 40.4 Å². The van der Waals surface area contributed by atoms with Gasteiger partial charge < -0.3 is 0 Å². The van der Waals surface area contributed by atoms with Crippen molar-refractivity contribution in [3.63, 3.8) is 0 Å². The van der Waals surface area contributed by atoms with Crippen molar-refractivity contribution in [2.75, 3.05) is 0 Å². The Labute approximate surface area is 120 Å². The molecule has 0 atom stereocenters. The van der Waals surface area contributed by atoms with Gasteiger partial charge in [-0.05, 0) is 58.0 Å². The summed E-state index contributed by atoms with van der Waals surface area (Å²) in [7, 11) is 0. The largest absolute Gasteiger partial charge is 0.121 e. The van der Waals surface area contributed by atoms with Gasteiger partial charge in [-0.25, -0.2) is 0 Å². The highest BCUT2D eigenvalue weighted by Gasteiger charge is 1.96. The van der Waals surface area contributed by atoms with Gasteiger partial charge in [-0.1, -0.05) is 36.9 Å². The van der Waals surface area contributed by atoms with Crippen molar-refractivity contribution in [2.45, 2.75) is 10.6 Å². The van der Waals surface area contributed by atoms with Crippen LogP contribution in [-0.4, -0.2) is 0 Å². The van der Waals surface area contributed by atoms with E-state index >= 15 is 0 Å². The Balaban J connectivity index is 1.97. The van der Waals surface area contributed by atoms with E-state index in [1.807, 2.05) is 17.8 Å². The van der Waals surface area contributed by atoms with E-state index in [0.29, 0.717) is 0 Å². The summed E-state index contributed by atoms with van der Waals surface area (Å²) in [4.78, 5) is 1.32. The third kappa shape index (κ3) is 3.89. The fraction of sp³-hybridized carbons (Fsp3) is 0.0667. The van der Waals surface area contributed by atoms with Crippen LogP contribution in [0.25, 0.3) is 6.08 Å². The standard InChI is InChI=1S/C15H13IS/c1-2-12-3-5-13(6-4-12)11-17-15-9-7-14(16)8-10-15/h2-10H,1,11H2. The number of hydrogen-bond donors (Lipinski definition) is 0. The van der Waals surface area contributed by atoms with E-state index < -0.39 is 0 Å². The molecule has 0 aliphatic rings. The molecule has 0 unspecified atom stereocenters. The molecule has 0 aliphatic carbocycles. The summed E-state index contributed by atoms with van der Waals surface area (Å²) in [5.41, 5.74) is 2.52. The van der Waals surface area contributed by atoms with Crippen molar-refractivity contribution in [3.05, 3.63) is 69.8 Å². The fourth-order valence-electron chi connectivity index (χ4n) is 1.45. The maximum Gasteiger partial charge on any atom is 0.0232 e. The molecule has 0 amide bonds. The molecule has 0 nitrogen and oxygen atoms in total. The summed E-state index contributed by atoms with van der Waals surface area (Å²) >= 11 is 4.19. The Morgan fingerprint density at radius 2 is 1.65 bits per heavy atom. The summed E-state index contributed by atoms with van der Waals surface area (Å²) in [6, 6.07) is 17.2. The molecule has 0 saturated carbocycles. The van der Waals surface area contributed by atoms with Crippen LogP contribution in [0.3, 0.4) is 0 Å². The highest BCUT2D eigenvalue weighted by atomic mass is 127. The molecule has 2 heteroatoms. The smallest absolute Gasteiger partial charge is 0.0232 e. The molecule has 0 radical (unpaired) electrons. The zero-order chi connectivity index (χ0) is 12.1. The maximum atomic E-state index is 3.76. The average molecular weight is 352 g/mol. The van der Waals surface area contributed by atoms with Gasteiger partial charge in [0, 0.05) is 14.2 Å². The summed E-state index contributed by atoms with van der Waals surface area (Å²) in [5.74, 6) is 1.01. The van der Waals surface area contributed by atoms with E-state index in [1.54, 1.807) is 0 Å². The lowest BCUT2D eigenvalue weighted by Crippen LogP contribution is -1.81. The monoisotopic (exact) mass is 352 g/mol. The van der Waals surface area contributed by atoms with Gasteiger partial charge in [-0.15, -0.1) is 11.8 Å². The molecular weight excluding hydrogens is 339 g/mol. The van der Waals surface area contributed by atoms with Crippen molar-refractivity contribution in [1.82, 2.24) is 0 Å². The van der Waals surface area contributed by atoms with Gasteiger partial charge in [0.2, 0.25) is 0 Å². The topological polar surface area (TPSA) is 0 Å². The predicted octanol–water partition coefficient (Wildman–Crippen LogP) is 5.23. The second-order valence-corrected chi connectivity index (χ2v) is 5.98. The first-order chi connectivity index (χ1) is 8.28. The molecular formula is C15H13IS. The molecule has 0 bridgehead atoms. The molecule has 0 aliphatic heterocycles. The minimum absolute atomic E-state index is 1.01. The molecule has 17 heavy (non-hydrogen) atoms. The van der Waals surface area contributed by atoms with E-state index in [-0.39, 0.29) is 0 Å². The van der Waals surface area contributed by atoms with E-state index in [4.69, 9.17) is 0 Å². The van der Waals surface area contributed by atoms with Crippen LogP contribution in [0.15, 0.2) is 60.0 Å². The number of halogens is 1. The van der Waals surface area contributed by atoms with Gasteiger partial charge in [0.1, 0.15) is 0 Å². The molecule has 0 heterocycles. The summed E-state index contributed by atoms with van der Waals surface area (Å²) in [6.07, 6.45) is 1.87. The van der Waals surface area contributed by atoms with Gasteiger partial charge in [-0.2, -0.15) is 0 Å². The Kier molecular flexibility index (Phi) is 4.68. The molecule has 2 aromatic carbocycles. The highest BCUT2D eigenvalue weighted by molar-refractivity contribution is 14.1. The van der Waals surface area contributed by atoms with Crippen LogP contribution in [-0.2, 0) is 5.75 Å². The molecule has 86 valence electrons. The third-order valence-corrected chi connectivity index (χ3v) is 4.24. The number of rotatable bonds is 4. The Morgan fingerprint density at radius 3 is 2.24 bits per heavy atom. The average Bonchev–Trinajstić information content (AvgIpc) is 2.39. The van der Waals surface area contributed by atoms with E-state index in [9.17, 15) is 0 Å². The van der Waals surface area contributed by atoms with Crippen LogP contribution in [0.5, 0.6) is 0 Å². The Morgan fingerprint density at radius 1 is 1.00 bits per heavy atom. The lowest BCUT2D eigenvalue weighted by atomic mass is 10.1. The fourth-order valence-corrected chi connectivity index (χ4v) is 2.66. The number of hydrogen-bond acceptors (Lipinski definition) is 1. The van der Waals surface area contributed by atoms with Gasteiger partial charge >= 0.3 is 0 Å². The summed E-state index contributed by atoms with van der Waals surface area (Å²) in [6.45, 7) is 3.76. The Hall–Kier alpha value is -0.740. The second kappa shape index (κ2) is 6.26. The second-order valence-electron chi connectivity index (χ2n) is 3.69. The third-order valence-electron chi connectivity index (χ3n) is 2.43. The Bertz CT molecular complexity index is 485. The zero-order valence-corrected chi connectivity index (χ0v) is 12.4. The highest BCUT2D eigenvalue weighted by Crippen LogP contribution is 2.23. The lowest BCUT2D eigenvalue weighted by Gasteiger charge is -2.03. The lowest BCUT2D eigenvalue weighted by molar-refractivity contribution is 1.37. The van der Waals surface area contributed by atoms with Crippen LogP contribution < -0.4 is 0 Å². The number of benzene rings is 2. The van der Waals surface area contributed by atoms with Crippen LogP contribution in [0.1, 0.15) is 11.1 Å². The quantitative estimate of drug-likeness (QED) is 0.537. The van der Waals surface area contributed by atoms with Crippen molar-refractivity contribution in [2.24, 2.45) is 0 Å². The molecule has 0 aromatic heterocycles. The van der Waals surface area contributed by atoms with Gasteiger partial charge in [0.25, 0.3) is 0 Å². The molecule has 2 rings (SSSR count). The SMILES string of the molecule is C=Cc1ccc(CSc2ccc(I)cc2)cc1. The van der Waals surface area contributed by atoms with E-state index in [1.165, 1.54) is 19.6 Å². The first-order valence-corrected chi connectivity index (χ1v) is 7.44. The zero-order valence-electron chi connectivity index (χ0n) is 9.40.